The van der Waals surface area contributed by atoms with Crippen LogP contribution in [-0.4, -0.2) is 35.0 Å². The summed E-state index contributed by atoms with van der Waals surface area (Å²) in [6.07, 6.45) is 0. The first-order valence-corrected chi connectivity index (χ1v) is 7.07. The molecule has 2 rings (SSSR count). The summed E-state index contributed by atoms with van der Waals surface area (Å²) in [7, 11) is 1.60. The van der Waals surface area contributed by atoms with Crippen molar-refractivity contribution in [3.8, 4) is 5.75 Å². The van der Waals surface area contributed by atoms with Gasteiger partial charge < -0.3 is 24.9 Å². The van der Waals surface area contributed by atoms with E-state index in [9.17, 15) is 9.90 Å². The maximum Gasteiger partial charge on any atom is 0.343 e. The average molecular weight is 306 g/mol. The first kappa shape index (κ1) is 16.2. The van der Waals surface area contributed by atoms with Crippen molar-refractivity contribution in [3.05, 3.63) is 23.8 Å². The van der Waals surface area contributed by atoms with Crippen LogP contribution in [0.15, 0.2) is 18.2 Å². The Morgan fingerprint density at radius 3 is 2.64 bits per heavy atom. The zero-order valence-electron chi connectivity index (χ0n) is 13.3. The van der Waals surface area contributed by atoms with Crippen LogP contribution in [0.4, 0.5) is 5.82 Å². The van der Waals surface area contributed by atoms with Crippen LogP contribution >= 0.6 is 0 Å². The van der Waals surface area contributed by atoms with Gasteiger partial charge in [-0.05, 0) is 39.0 Å². The maximum absolute atomic E-state index is 12.5. The lowest BCUT2D eigenvalue weighted by Gasteiger charge is -2.19. The molecule has 0 aliphatic heterocycles. The number of aromatic nitrogens is 1. The third-order valence-corrected chi connectivity index (χ3v) is 3.21. The average Bonchev–Trinajstić information content (AvgIpc) is 2.65. The fraction of sp³-hybridized carbons (Fsp3) is 0.438. The quantitative estimate of drug-likeness (QED) is 0.848. The topological polar surface area (TPSA) is 86.7 Å². The van der Waals surface area contributed by atoms with Crippen LogP contribution in [0.5, 0.6) is 5.75 Å². The molecule has 0 radical (unpaired) electrons. The van der Waals surface area contributed by atoms with Gasteiger partial charge in [0.15, 0.2) is 0 Å². The molecule has 0 saturated carbocycles. The third-order valence-electron chi connectivity index (χ3n) is 3.21. The number of methoxy groups -OCH3 is 1. The van der Waals surface area contributed by atoms with E-state index < -0.39 is 11.6 Å². The number of carbonyl (C=O) groups excluding carboxylic acids is 1. The van der Waals surface area contributed by atoms with Crippen molar-refractivity contribution in [2.24, 2.45) is 0 Å². The van der Waals surface area contributed by atoms with Crippen LogP contribution in [0.2, 0.25) is 0 Å². The molecule has 0 unspecified atom stereocenters. The first-order valence-electron chi connectivity index (χ1n) is 7.07. The van der Waals surface area contributed by atoms with Gasteiger partial charge in [0.05, 0.1) is 12.1 Å². The molecule has 0 fully saturated rings. The van der Waals surface area contributed by atoms with Crippen LogP contribution in [0, 0.1) is 0 Å². The summed E-state index contributed by atoms with van der Waals surface area (Å²) in [5, 5.41) is 10.3. The van der Waals surface area contributed by atoms with Gasteiger partial charge >= 0.3 is 5.97 Å². The lowest BCUT2D eigenvalue weighted by atomic mass is 10.1. The second-order valence-electron chi connectivity index (χ2n) is 6.11. The minimum absolute atomic E-state index is 0.0706. The molecule has 1 aromatic carbocycles. The highest BCUT2D eigenvalue weighted by Gasteiger charge is 2.26. The number of hydrogen-bond donors (Lipinski definition) is 2. The molecule has 1 heterocycles. The smallest absolute Gasteiger partial charge is 0.343 e. The second-order valence-corrected chi connectivity index (χ2v) is 6.11. The number of phenols is 1. The highest BCUT2D eigenvalue weighted by molar-refractivity contribution is 6.09. The number of carbonyl (C=O) groups is 1. The minimum Gasteiger partial charge on any atom is -0.508 e. The Kier molecular flexibility index (Phi) is 4.32. The summed E-state index contributed by atoms with van der Waals surface area (Å²) in [6.45, 7) is 6.35. The Hall–Kier alpha value is -2.21. The molecule has 6 nitrogen and oxygen atoms in total. The van der Waals surface area contributed by atoms with Gasteiger partial charge in [0, 0.05) is 19.0 Å². The minimum atomic E-state index is -0.624. The van der Waals surface area contributed by atoms with Gasteiger partial charge in [-0.25, -0.2) is 4.79 Å². The lowest BCUT2D eigenvalue weighted by Crippen LogP contribution is -2.24. The number of fused-ring (bicyclic) bond motifs is 1. The number of aromatic hydroxyl groups is 1. The largest absolute Gasteiger partial charge is 0.508 e. The number of hydrogen-bond acceptors (Lipinski definition) is 5. The molecule has 0 atom stereocenters. The summed E-state index contributed by atoms with van der Waals surface area (Å²) < 4.78 is 12.3. The summed E-state index contributed by atoms with van der Waals surface area (Å²) in [4.78, 5) is 12.5. The van der Waals surface area contributed by atoms with Crippen LogP contribution in [0.1, 0.15) is 31.1 Å². The van der Waals surface area contributed by atoms with E-state index in [-0.39, 0.29) is 11.3 Å². The summed E-state index contributed by atoms with van der Waals surface area (Å²) >= 11 is 0. The van der Waals surface area contributed by atoms with Crippen LogP contribution in [0.3, 0.4) is 0 Å². The van der Waals surface area contributed by atoms with Gasteiger partial charge in [-0.2, -0.15) is 0 Å². The SMILES string of the molecule is COCCn1c(N)c(C(=O)OC(C)(C)C)c2cc(O)ccc21. The predicted octanol–water partition coefficient (Wildman–Crippen LogP) is 2.53. The lowest BCUT2D eigenvalue weighted by molar-refractivity contribution is 0.00729. The second kappa shape index (κ2) is 5.88. The summed E-state index contributed by atoms with van der Waals surface area (Å²) in [6, 6.07) is 4.81. The monoisotopic (exact) mass is 306 g/mol. The number of nitrogens with two attached hydrogens (primary N) is 1. The van der Waals surface area contributed by atoms with Crippen molar-refractivity contribution in [2.45, 2.75) is 32.9 Å². The Morgan fingerprint density at radius 2 is 2.05 bits per heavy atom. The number of phenolic OH excluding ortho intramolecular Hbond substituents is 1. The number of nitrogen functional groups attached to an aromatic ring is 1. The molecule has 0 saturated heterocycles. The highest BCUT2D eigenvalue weighted by atomic mass is 16.6. The molecule has 0 aliphatic carbocycles. The van der Waals surface area contributed by atoms with Gasteiger partial charge in [0.25, 0.3) is 0 Å². The molecule has 6 heteroatoms. The van der Waals surface area contributed by atoms with Gasteiger partial charge in [0.2, 0.25) is 0 Å². The molecule has 1 aromatic heterocycles. The van der Waals surface area contributed by atoms with E-state index in [4.69, 9.17) is 15.2 Å². The van der Waals surface area contributed by atoms with Crippen molar-refractivity contribution in [3.63, 3.8) is 0 Å². The number of benzene rings is 1. The van der Waals surface area contributed by atoms with Crippen LogP contribution in [-0.2, 0) is 16.0 Å². The van der Waals surface area contributed by atoms with Crippen molar-refractivity contribution in [1.82, 2.24) is 4.57 Å². The van der Waals surface area contributed by atoms with Gasteiger partial charge in [-0.1, -0.05) is 0 Å². The number of rotatable bonds is 4. The number of esters is 1. The summed E-state index contributed by atoms with van der Waals surface area (Å²) in [5.41, 5.74) is 6.56. The summed E-state index contributed by atoms with van der Waals surface area (Å²) in [5.74, 6) is -0.120. The molecule has 2 aromatic rings. The molecule has 0 amide bonds. The Labute approximate surface area is 129 Å². The number of ether oxygens (including phenoxy) is 2. The number of anilines is 1. The van der Waals surface area contributed by atoms with Crippen LogP contribution in [0.25, 0.3) is 10.9 Å². The van der Waals surface area contributed by atoms with Gasteiger partial charge in [-0.3, -0.25) is 0 Å². The van der Waals surface area contributed by atoms with Crippen molar-refractivity contribution in [1.29, 1.82) is 0 Å². The van der Waals surface area contributed by atoms with E-state index >= 15 is 0 Å². The molecule has 0 aliphatic rings. The Bertz CT molecular complexity index is 698. The van der Waals surface area contributed by atoms with Crippen LogP contribution < -0.4 is 5.73 Å². The Balaban J connectivity index is 2.59. The first-order chi connectivity index (χ1) is 10.2. The fourth-order valence-electron chi connectivity index (χ4n) is 2.33. The standard InChI is InChI=1S/C16H22N2O4/c1-16(2,3)22-15(20)13-11-9-10(19)5-6-12(11)18(14(13)17)7-8-21-4/h5-6,9,19H,7-8,17H2,1-4H3. The normalized spacial score (nSPS) is 11.8. The van der Waals surface area contributed by atoms with E-state index in [1.54, 1.807) is 44.6 Å². The molecular formula is C16H22N2O4. The molecule has 120 valence electrons. The number of nitrogens with zero attached hydrogens (tertiary/aromatic N) is 1. The van der Waals surface area contributed by atoms with Gasteiger partial charge in [-0.15, -0.1) is 0 Å². The maximum atomic E-state index is 12.5. The zero-order chi connectivity index (χ0) is 16.5. The fourth-order valence-corrected chi connectivity index (χ4v) is 2.33. The van der Waals surface area contributed by atoms with Crippen molar-refractivity contribution >= 4 is 22.7 Å². The predicted molar refractivity (Wildman–Crippen MR) is 85.1 cm³/mol. The van der Waals surface area contributed by atoms with E-state index in [0.717, 1.165) is 5.52 Å². The highest BCUT2D eigenvalue weighted by Crippen LogP contribution is 2.32. The van der Waals surface area contributed by atoms with E-state index in [0.29, 0.717) is 24.4 Å². The third kappa shape index (κ3) is 3.17. The molecule has 22 heavy (non-hydrogen) atoms. The van der Waals surface area contributed by atoms with Crippen molar-refractivity contribution < 1.29 is 19.4 Å². The Morgan fingerprint density at radius 1 is 1.36 bits per heavy atom. The van der Waals surface area contributed by atoms with Crippen molar-refractivity contribution in [2.75, 3.05) is 19.5 Å². The molecule has 3 N–H and O–H groups in total. The van der Waals surface area contributed by atoms with E-state index in [1.807, 2.05) is 0 Å². The van der Waals surface area contributed by atoms with E-state index in [1.165, 1.54) is 6.07 Å². The zero-order valence-corrected chi connectivity index (χ0v) is 13.3. The molecule has 0 spiro atoms. The molecule has 0 bridgehead atoms. The van der Waals surface area contributed by atoms with Gasteiger partial charge in [0.1, 0.15) is 22.7 Å². The molecular weight excluding hydrogens is 284 g/mol. The van der Waals surface area contributed by atoms with E-state index in [2.05, 4.69) is 0 Å².